The van der Waals surface area contributed by atoms with Crippen LogP contribution in [0.2, 0.25) is 0 Å². The number of hydrogen-bond acceptors (Lipinski definition) is 5. The molecule has 6 nitrogen and oxygen atoms in total. The Bertz CT molecular complexity index is 720. The number of rotatable bonds is 5. The number of sulfonamides is 1. The molecule has 126 valence electrons. The molecular formula is C14H23NO5S2. The first kappa shape index (κ1) is 17.5. The SMILES string of the molecule is Cc1ccc([C@@H]2C[C@@H](C)CCN2S(=O)(=O)CCS(C)(=O)=O)o1. The first-order valence-electron chi connectivity index (χ1n) is 7.32. The van der Waals surface area contributed by atoms with Crippen molar-refractivity contribution in [2.24, 2.45) is 5.92 Å². The Morgan fingerprint density at radius 1 is 1.23 bits per heavy atom. The second-order valence-corrected chi connectivity index (χ2v) is 10.5. The zero-order valence-corrected chi connectivity index (χ0v) is 14.8. The van der Waals surface area contributed by atoms with E-state index in [1.807, 2.05) is 13.0 Å². The molecule has 0 radical (unpaired) electrons. The van der Waals surface area contributed by atoms with Gasteiger partial charge in [0.1, 0.15) is 21.4 Å². The number of nitrogens with zero attached hydrogens (tertiary/aromatic N) is 1. The summed E-state index contributed by atoms with van der Waals surface area (Å²) in [6, 6.07) is 3.27. The fourth-order valence-corrected chi connectivity index (χ4v) is 5.97. The Kier molecular flexibility index (Phi) is 5.03. The van der Waals surface area contributed by atoms with E-state index in [1.54, 1.807) is 6.07 Å². The van der Waals surface area contributed by atoms with Crippen molar-refractivity contribution < 1.29 is 21.3 Å². The predicted molar refractivity (Wildman–Crippen MR) is 84.8 cm³/mol. The maximum atomic E-state index is 12.5. The van der Waals surface area contributed by atoms with E-state index < -0.39 is 19.9 Å². The molecule has 2 atom stereocenters. The Labute approximate surface area is 132 Å². The van der Waals surface area contributed by atoms with Crippen LogP contribution in [0.5, 0.6) is 0 Å². The molecule has 22 heavy (non-hydrogen) atoms. The van der Waals surface area contributed by atoms with E-state index >= 15 is 0 Å². The summed E-state index contributed by atoms with van der Waals surface area (Å²) >= 11 is 0. The lowest BCUT2D eigenvalue weighted by Crippen LogP contribution is -2.42. The highest BCUT2D eigenvalue weighted by Crippen LogP contribution is 2.36. The van der Waals surface area contributed by atoms with Crippen LogP contribution in [0.25, 0.3) is 0 Å². The zero-order valence-electron chi connectivity index (χ0n) is 13.1. The van der Waals surface area contributed by atoms with Crippen molar-refractivity contribution in [1.29, 1.82) is 0 Å². The molecule has 0 unspecified atom stereocenters. The number of piperidine rings is 1. The second-order valence-electron chi connectivity index (χ2n) is 6.15. The Balaban J connectivity index is 2.25. The first-order valence-corrected chi connectivity index (χ1v) is 11.0. The van der Waals surface area contributed by atoms with Crippen LogP contribution in [0.15, 0.2) is 16.5 Å². The Morgan fingerprint density at radius 2 is 1.91 bits per heavy atom. The van der Waals surface area contributed by atoms with Gasteiger partial charge in [0.05, 0.1) is 17.5 Å². The van der Waals surface area contributed by atoms with Crippen LogP contribution >= 0.6 is 0 Å². The highest BCUT2D eigenvalue weighted by molar-refractivity contribution is 7.93. The van der Waals surface area contributed by atoms with Gasteiger partial charge < -0.3 is 4.42 Å². The topological polar surface area (TPSA) is 84.7 Å². The summed E-state index contributed by atoms with van der Waals surface area (Å²) in [5.74, 6) is 1.03. The quantitative estimate of drug-likeness (QED) is 0.808. The van der Waals surface area contributed by atoms with Gasteiger partial charge in [-0.3, -0.25) is 0 Å². The highest BCUT2D eigenvalue weighted by atomic mass is 32.2. The van der Waals surface area contributed by atoms with E-state index in [4.69, 9.17) is 4.42 Å². The molecule has 0 bridgehead atoms. The molecule has 0 aromatic carbocycles. The molecule has 2 heterocycles. The van der Waals surface area contributed by atoms with E-state index in [1.165, 1.54) is 4.31 Å². The molecule has 1 aliphatic heterocycles. The van der Waals surface area contributed by atoms with Gasteiger partial charge in [-0.05, 0) is 37.8 Å². The van der Waals surface area contributed by atoms with Crippen LogP contribution in [0, 0.1) is 12.8 Å². The van der Waals surface area contributed by atoms with Crippen LogP contribution in [0.4, 0.5) is 0 Å². The van der Waals surface area contributed by atoms with Crippen molar-refractivity contribution in [3.8, 4) is 0 Å². The first-order chi connectivity index (χ1) is 10.1. The number of aryl methyl sites for hydroxylation is 1. The van der Waals surface area contributed by atoms with Crippen LogP contribution in [-0.4, -0.2) is 45.4 Å². The molecule has 1 fully saturated rings. The lowest BCUT2D eigenvalue weighted by atomic mass is 9.93. The molecule has 8 heteroatoms. The lowest BCUT2D eigenvalue weighted by Gasteiger charge is -2.36. The molecule has 1 aromatic rings. The summed E-state index contributed by atoms with van der Waals surface area (Å²) in [4.78, 5) is 0. The monoisotopic (exact) mass is 349 g/mol. The summed E-state index contributed by atoms with van der Waals surface area (Å²) in [5, 5.41) is 0. The van der Waals surface area contributed by atoms with Gasteiger partial charge in [-0.2, -0.15) is 4.31 Å². The van der Waals surface area contributed by atoms with Gasteiger partial charge in [0.25, 0.3) is 0 Å². The lowest BCUT2D eigenvalue weighted by molar-refractivity contribution is 0.184. The molecule has 1 aromatic heterocycles. The van der Waals surface area contributed by atoms with Crippen LogP contribution < -0.4 is 0 Å². The summed E-state index contributed by atoms with van der Waals surface area (Å²) < 4.78 is 54.7. The van der Waals surface area contributed by atoms with E-state index in [2.05, 4.69) is 6.92 Å². The molecule has 0 saturated carbocycles. The van der Waals surface area contributed by atoms with Crippen molar-refractivity contribution in [2.75, 3.05) is 24.3 Å². The third-order valence-electron chi connectivity index (χ3n) is 3.97. The van der Waals surface area contributed by atoms with E-state index in [9.17, 15) is 16.8 Å². The van der Waals surface area contributed by atoms with E-state index in [0.29, 0.717) is 24.6 Å². The molecular weight excluding hydrogens is 326 g/mol. The molecule has 0 spiro atoms. The fraction of sp³-hybridized carbons (Fsp3) is 0.714. The van der Waals surface area contributed by atoms with Gasteiger partial charge in [-0.1, -0.05) is 6.92 Å². The summed E-state index contributed by atoms with van der Waals surface area (Å²) in [7, 11) is -6.95. The minimum Gasteiger partial charge on any atom is -0.465 e. The molecule has 0 amide bonds. The average Bonchev–Trinajstić information content (AvgIpc) is 2.82. The minimum absolute atomic E-state index is 0.345. The average molecular weight is 349 g/mol. The summed E-state index contributed by atoms with van der Waals surface area (Å²) in [5.41, 5.74) is 0. The van der Waals surface area contributed by atoms with Crippen molar-refractivity contribution in [2.45, 2.75) is 32.7 Å². The van der Waals surface area contributed by atoms with E-state index in [0.717, 1.165) is 18.4 Å². The number of sulfone groups is 1. The molecule has 0 N–H and O–H groups in total. The standard InChI is InChI=1S/C14H23NO5S2/c1-11-6-7-15(22(18,19)9-8-21(3,16)17)13(10-11)14-5-4-12(2)20-14/h4-5,11,13H,6-10H2,1-3H3/t11-,13-/m0/s1. The van der Waals surface area contributed by atoms with Gasteiger partial charge >= 0.3 is 0 Å². The molecule has 2 rings (SSSR count). The minimum atomic E-state index is -3.63. The second kappa shape index (κ2) is 6.33. The number of furan rings is 1. The maximum Gasteiger partial charge on any atom is 0.215 e. The van der Waals surface area contributed by atoms with Gasteiger partial charge in [0.15, 0.2) is 0 Å². The zero-order chi connectivity index (χ0) is 16.5. The molecule has 0 aliphatic carbocycles. The smallest absolute Gasteiger partial charge is 0.215 e. The van der Waals surface area contributed by atoms with Crippen LogP contribution in [0.1, 0.15) is 37.3 Å². The van der Waals surface area contributed by atoms with Gasteiger partial charge in [0.2, 0.25) is 10.0 Å². The van der Waals surface area contributed by atoms with Crippen LogP contribution in [0.3, 0.4) is 0 Å². The third kappa shape index (κ3) is 4.33. The van der Waals surface area contributed by atoms with Crippen LogP contribution in [-0.2, 0) is 19.9 Å². The van der Waals surface area contributed by atoms with Gasteiger partial charge in [-0.15, -0.1) is 0 Å². The van der Waals surface area contributed by atoms with E-state index in [-0.39, 0.29) is 17.5 Å². The van der Waals surface area contributed by atoms with Crippen molar-refractivity contribution in [3.63, 3.8) is 0 Å². The largest absolute Gasteiger partial charge is 0.465 e. The highest BCUT2D eigenvalue weighted by Gasteiger charge is 2.37. The third-order valence-corrected chi connectivity index (χ3v) is 7.05. The van der Waals surface area contributed by atoms with Gasteiger partial charge in [-0.25, -0.2) is 16.8 Å². The summed E-state index contributed by atoms with van der Waals surface area (Å²) in [6.07, 6.45) is 2.51. The van der Waals surface area contributed by atoms with Crippen molar-refractivity contribution in [3.05, 3.63) is 23.7 Å². The Morgan fingerprint density at radius 3 is 2.45 bits per heavy atom. The van der Waals surface area contributed by atoms with Crippen molar-refractivity contribution >= 4 is 19.9 Å². The molecule has 1 aliphatic rings. The number of hydrogen-bond donors (Lipinski definition) is 0. The summed E-state index contributed by atoms with van der Waals surface area (Å²) in [6.45, 7) is 4.30. The Hall–Kier alpha value is -0.860. The molecule has 1 saturated heterocycles. The fourth-order valence-electron chi connectivity index (χ4n) is 2.72. The predicted octanol–water partition coefficient (Wildman–Crippen LogP) is 1.74. The normalized spacial score (nSPS) is 24.5. The van der Waals surface area contributed by atoms with Gasteiger partial charge in [0, 0.05) is 12.8 Å². The van der Waals surface area contributed by atoms with Crippen molar-refractivity contribution in [1.82, 2.24) is 4.31 Å². The maximum absolute atomic E-state index is 12.5.